The fourth-order valence-corrected chi connectivity index (χ4v) is 2.02. The highest BCUT2D eigenvalue weighted by molar-refractivity contribution is 7.89. The molecule has 0 bridgehead atoms. The second-order valence-corrected chi connectivity index (χ2v) is 4.45. The number of sulfonamides is 1. The summed E-state index contributed by atoms with van der Waals surface area (Å²) in [4.78, 5) is 0.0294. The third-order valence-electron chi connectivity index (χ3n) is 1.90. The first-order valence-electron chi connectivity index (χ1n) is 4.12. The molecule has 0 aliphatic rings. The van der Waals surface area contributed by atoms with Crippen LogP contribution in [0, 0.1) is 0 Å². The summed E-state index contributed by atoms with van der Waals surface area (Å²) >= 11 is 0. The van der Waals surface area contributed by atoms with E-state index in [-0.39, 0.29) is 4.90 Å². The van der Waals surface area contributed by atoms with Crippen molar-refractivity contribution in [3.63, 3.8) is 0 Å². The molecule has 0 radical (unpaired) electrons. The van der Waals surface area contributed by atoms with Gasteiger partial charge in [0.05, 0.1) is 11.1 Å². The van der Waals surface area contributed by atoms with Crippen molar-refractivity contribution in [2.75, 3.05) is 0 Å². The maximum Gasteiger partial charge on any atom is 0.238 e. The minimum atomic E-state index is -3.75. The lowest BCUT2D eigenvalue weighted by Crippen LogP contribution is -2.13. The molecule has 15 heavy (non-hydrogen) atoms. The van der Waals surface area contributed by atoms with Gasteiger partial charge < -0.3 is 4.52 Å². The highest BCUT2D eigenvalue weighted by atomic mass is 32.2. The van der Waals surface area contributed by atoms with E-state index in [4.69, 9.17) is 9.66 Å². The summed E-state index contributed by atoms with van der Waals surface area (Å²) in [6.45, 7) is 0. The molecule has 1 aromatic carbocycles. The molecule has 2 aromatic rings. The van der Waals surface area contributed by atoms with Crippen LogP contribution in [0.15, 0.2) is 45.9 Å². The molecule has 0 aliphatic carbocycles. The molecule has 5 nitrogen and oxygen atoms in total. The third kappa shape index (κ3) is 1.90. The van der Waals surface area contributed by atoms with Crippen molar-refractivity contribution in [2.24, 2.45) is 5.14 Å². The number of aromatic nitrogens is 1. The predicted molar refractivity (Wildman–Crippen MR) is 53.3 cm³/mol. The number of benzene rings is 1. The van der Waals surface area contributed by atoms with Crippen molar-refractivity contribution in [3.05, 3.63) is 36.5 Å². The van der Waals surface area contributed by atoms with E-state index in [0.29, 0.717) is 11.3 Å². The van der Waals surface area contributed by atoms with Crippen LogP contribution in [-0.2, 0) is 10.0 Å². The SMILES string of the molecule is NS(=O)(=O)c1ccccc1-c1ccno1. The van der Waals surface area contributed by atoms with E-state index in [1.54, 1.807) is 24.3 Å². The van der Waals surface area contributed by atoms with E-state index in [0.717, 1.165) is 0 Å². The zero-order valence-electron chi connectivity index (χ0n) is 7.62. The molecule has 2 N–H and O–H groups in total. The highest BCUT2D eigenvalue weighted by Gasteiger charge is 2.16. The number of hydrogen-bond donors (Lipinski definition) is 1. The van der Waals surface area contributed by atoms with Gasteiger partial charge in [0.1, 0.15) is 0 Å². The van der Waals surface area contributed by atoms with Crippen LogP contribution >= 0.6 is 0 Å². The smallest absolute Gasteiger partial charge is 0.238 e. The van der Waals surface area contributed by atoms with Gasteiger partial charge in [-0.25, -0.2) is 13.6 Å². The number of nitrogens with zero attached hydrogens (tertiary/aromatic N) is 1. The minimum Gasteiger partial charge on any atom is -0.356 e. The molecule has 1 aromatic heterocycles. The van der Waals surface area contributed by atoms with Crippen LogP contribution in [0.5, 0.6) is 0 Å². The topological polar surface area (TPSA) is 86.2 Å². The molecule has 0 fully saturated rings. The Morgan fingerprint density at radius 1 is 1.20 bits per heavy atom. The van der Waals surface area contributed by atoms with E-state index < -0.39 is 10.0 Å². The molecule has 6 heteroatoms. The molecule has 78 valence electrons. The zero-order valence-corrected chi connectivity index (χ0v) is 8.44. The molecule has 0 atom stereocenters. The average Bonchev–Trinajstić information content (AvgIpc) is 2.69. The van der Waals surface area contributed by atoms with E-state index in [9.17, 15) is 8.42 Å². The Bertz CT molecular complexity index is 561. The van der Waals surface area contributed by atoms with Crippen molar-refractivity contribution in [3.8, 4) is 11.3 Å². The van der Waals surface area contributed by atoms with Crippen LogP contribution in [0.2, 0.25) is 0 Å². The minimum absolute atomic E-state index is 0.0294. The number of nitrogens with two attached hydrogens (primary N) is 1. The predicted octanol–water partition coefficient (Wildman–Crippen LogP) is 0.989. The maximum atomic E-state index is 11.3. The van der Waals surface area contributed by atoms with Crippen LogP contribution in [0.25, 0.3) is 11.3 Å². The van der Waals surface area contributed by atoms with Crippen molar-refractivity contribution in [1.29, 1.82) is 0 Å². The molecular formula is C9H8N2O3S. The highest BCUT2D eigenvalue weighted by Crippen LogP contribution is 2.25. The molecule has 2 rings (SSSR count). The number of hydrogen-bond acceptors (Lipinski definition) is 4. The maximum absolute atomic E-state index is 11.3. The Kier molecular flexibility index (Phi) is 2.29. The van der Waals surface area contributed by atoms with Gasteiger partial charge in [-0.2, -0.15) is 0 Å². The zero-order chi connectivity index (χ0) is 10.9. The monoisotopic (exact) mass is 224 g/mol. The molecular weight excluding hydrogens is 216 g/mol. The fourth-order valence-electron chi connectivity index (χ4n) is 1.27. The van der Waals surface area contributed by atoms with Gasteiger partial charge in [-0.15, -0.1) is 0 Å². The lowest BCUT2D eigenvalue weighted by atomic mass is 10.2. The van der Waals surface area contributed by atoms with E-state index in [1.165, 1.54) is 12.3 Å². The lowest BCUT2D eigenvalue weighted by Gasteiger charge is -2.03. The van der Waals surface area contributed by atoms with Crippen LogP contribution in [0.1, 0.15) is 0 Å². The van der Waals surface area contributed by atoms with Crippen molar-refractivity contribution in [2.45, 2.75) is 4.90 Å². The third-order valence-corrected chi connectivity index (χ3v) is 2.87. The van der Waals surface area contributed by atoms with Gasteiger partial charge >= 0.3 is 0 Å². The number of rotatable bonds is 2. The van der Waals surface area contributed by atoms with E-state index in [1.807, 2.05) is 0 Å². The van der Waals surface area contributed by atoms with Crippen LogP contribution in [0.3, 0.4) is 0 Å². The van der Waals surface area contributed by atoms with Crippen molar-refractivity contribution < 1.29 is 12.9 Å². The molecule has 0 unspecified atom stereocenters. The Morgan fingerprint density at radius 3 is 2.53 bits per heavy atom. The Labute approximate surface area is 86.6 Å². The van der Waals surface area contributed by atoms with Gasteiger partial charge in [0.2, 0.25) is 10.0 Å². The second kappa shape index (κ2) is 3.48. The summed E-state index contributed by atoms with van der Waals surface area (Å²) in [7, 11) is -3.75. The largest absolute Gasteiger partial charge is 0.356 e. The Morgan fingerprint density at radius 2 is 1.93 bits per heavy atom. The average molecular weight is 224 g/mol. The summed E-state index contributed by atoms with van der Waals surface area (Å²) in [5.74, 6) is 0.375. The number of primary sulfonamides is 1. The van der Waals surface area contributed by atoms with E-state index in [2.05, 4.69) is 5.16 Å². The summed E-state index contributed by atoms with van der Waals surface area (Å²) in [6, 6.07) is 7.91. The lowest BCUT2D eigenvalue weighted by molar-refractivity contribution is 0.431. The van der Waals surface area contributed by atoms with Gasteiger partial charge in [-0.3, -0.25) is 0 Å². The van der Waals surface area contributed by atoms with Crippen molar-refractivity contribution in [1.82, 2.24) is 5.16 Å². The molecule has 0 aliphatic heterocycles. The summed E-state index contributed by atoms with van der Waals surface area (Å²) < 4.78 is 27.4. The first-order valence-corrected chi connectivity index (χ1v) is 5.66. The van der Waals surface area contributed by atoms with Crippen LogP contribution in [0.4, 0.5) is 0 Å². The first-order chi connectivity index (χ1) is 7.09. The van der Waals surface area contributed by atoms with Gasteiger partial charge in [-0.1, -0.05) is 17.3 Å². The van der Waals surface area contributed by atoms with Crippen LogP contribution < -0.4 is 5.14 Å². The van der Waals surface area contributed by atoms with Gasteiger partial charge in [-0.05, 0) is 12.1 Å². The standard InChI is InChI=1S/C9H8N2O3S/c10-15(12,13)9-4-2-1-3-7(9)8-5-6-11-14-8/h1-6H,(H2,10,12,13). The van der Waals surface area contributed by atoms with Gasteiger partial charge in [0, 0.05) is 11.6 Å². The van der Waals surface area contributed by atoms with E-state index >= 15 is 0 Å². The molecule has 0 spiro atoms. The summed E-state index contributed by atoms with van der Waals surface area (Å²) in [5.41, 5.74) is 0.414. The summed E-state index contributed by atoms with van der Waals surface area (Å²) in [6.07, 6.45) is 1.44. The van der Waals surface area contributed by atoms with Crippen molar-refractivity contribution >= 4 is 10.0 Å². The molecule has 0 amide bonds. The van der Waals surface area contributed by atoms with Gasteiger partial charge in [0.15, 0.2) is 5.76 Å². The summed E-state index contributed by atoms with van der Waals surface area (Å²) in [5, 5.41) is 8.58. The second-order valence-electron chi connectivity index (χ2n) is 2.92. The van der Waals surface area contributed by atoms with Crippen LogP contribution in [-0.4, -0.2) is 13.6 Å². The quantitative estimate of drug-likeness (QED) is 0.824. The molecule has 0 saturated carbocycles. The molecule has 0 saturated heterocycles. The van der Waals surface area contributed by atoms with Gasteiger partial charge in [0.25, 0.3) is 0 Å². The normalized spacial score (nSPS) is 11.5. The first kappa shape index (κ1) is 9.88. The fraction of sp³-hybridized carbons (Fsp3) is 0. The Balaban J connectivity index is 2.68. The molecule has 1 heterocycles. The Hall–Kier alpha value is -1.66.